The maximum atomic E-state index is 6.06. The van der Waals surface area contributed by atoms with E-state index in [1.807, 2.05) is 43.3 Å². The molecule has 5 heteroatoms. The lowest BCUT2D eigenvalue weighted by molar-refractivity contribution is 0.309. The summed E-state index contributed by atoms with van der Waals surface area (Å²) in [4.78, 5) is 0. The molecule has 0 aliphatic heterocycles. The van der Waals surface area contributed by atoms with Gasteiger partial charge in [-0.25, -0.2) is 0 Å². The fourth-order valence-electron chi connectivity index (χ4n) is 2.93. The van der Waals surface area contributed by atoms with Crippen molar-refractivity contribution < 1.29 is 18.9 Å². The van der Waals surface area contributed by atoms with Gasteiger partial charge in [-0.05, 0) is 49.2 Å². The Kier molecular flexibility index (Phi) is 6.95. The normalized spacial score (nSPS) is 11.7. The number of hydrogen-bond donors (Lipinski definition) is 1. The highest BCUT2D eigenvalue weighted by Gasteiger charge is 2.18. The molecule has 0 saturated heterocycles. The summed E-state index contributed by atoms with van der Waals surface area (Å²) in [7, 11) is 4.92. The highest BCUT2D eigenvalue weighted by atomic mass is 16.5. The molecule has 0 saturated carbocycles. The maximum Gasteiger partial charge on any atom is 0.163 e. The van der Waals surface area contributed by atoms with Crippen molar-refractivity contribution in [2.24, 2.45) is 5.73 Å². The minimum absolute atomic E-state index is 0.130. The second-order valence-electron chi connectivity index (χ2n) is 5.63. The third kappa shape index (κ3) is 4.37. The molecule has 1 unspecified atom stereocenters. The molecule has 0 aromatic heterocycles. The van der Waals surface area contributed by atoms with Crippen molar-refractivity contribution in [3.05, 3.63) is 47.5 Å². The van der Waals surface area contributed by atoms with E-state index in [-0.39, 0.29) is 5.92 Å². The highest BCUT2D eigenvalue weighted by Crippen LogP contribution is 2.36. The predicted octanol–water partition coefficient (Wildman–Crippen LogP) is 3.40. The third-order valence-electron chi connectivity index (χ3n) is 4.19. The summed E-state index contributed by atoms with van der Waals surface area (Å²) < 4.78 is 22.0. The number of hydrogen-bond acceptors (Lipinski definition) is 5. The fourth-order valence-corrected chi connectivity index (χ4v) is 2.93. The number of ether oxygens (including phenoxy) is 4. The first-order chi connectivity index (χ1) is 12.2. The van der Waals surface area contributed by atoms with Gasteiger partial charge in [0, 0.05) is 5.92 Å². The van der Waals surface area contributed by atoms with Crippen LogP contribution in [0.25, 0.3) is 0 Å². The van der Waals surface area contributed by atoms with Crippen molar-refractivity contribution in [1.82, 2.24) is 0 Å². The van der Waals surface area contributed by atoms with Gasteiger partial charge in [0.25, 0.3) is 0 Å². The molecule has 0 fully saturated rings. The van der Waals surface area contributed by atoms with E-state index in [0.717, 1.165) is 29.0 Å². The van der Waals surface area contributed by atoms with Gasteiger partial charge < -0.3 is 24.7 Å². The van der Waals surface area contributed by atoms with Crippen LogP contribution < -0.4 is 24.7 Å². The Bertz CT molecular complexity index is 687. The van der Waals surface area contributed by atoms with Crippen LogP contribution in [0.4, 0.5) is 0 Å². The van der Waals surface area contributed by atoms with Crippen molar-refractivity contribution >= 4 is 0 Å². The lowest BCUT2D eigenvalue weighted by Crippen LogP contribution is -2.16. The van der Waals surface area contributed by atoms with E-state index in [9.17, 15) is 0 Å². The average Bonchev–Trinajstić information content (AvgIpc) is 2.65. The number of benzene rings is 2. The molecule has 0 heterocycles. The van der Waals surface area contributed by atoms with Crippen LogP contribution in [-0.2, 0) is 6.42 Å². The summed E-state index contributed by atoms with van der Waals surface area (Å²) in [5.41, 5.74) is 8.23. The Balaban J connectivity index is 2.32. The first kappa shape index (κ1) is 18.9. The summed E-state index contributed by atoms with van der Waals surface area (Å²) in [6, 6.07) is 11.9. The first-order valence-corrected chi connectivity index (χ1v) is 8.39. The zero-order chi connectivity index (χ0) is 18.2. The van der Waals surface area contributed by atoms with Crippen LogP contribution in [0.1, 0.15) is 24.0 Å². The van der Waals surface area contributed by atoms with Gasteiger partial charge in [0.05, 0.1) is 27.9 Å². The largest absolute Gasteiger partial charge is 0.493 e. The molecule has 0 bridgehead atoms. The molecule has 2 aromatic rings. The minimum atomic E-state index is 0.130. The summed E-state index contributed by atoms with van der Waals surface area (Å²) in [6.45, 7) is 3.06. The third-order valence-corrected chi connectivity index (χ3v) is 4.19. The summed E-state index contributed by atoms with van der Waals surface area (Å²) in [5, 5.41) is 0. The van der Waals surface area contributed by atoms with E-state index >= 15 is 0 Å². The molecular weight excluding hydrogens is 318 g/mol. The number of rotatable bonds is 9. The van der Waals surface area contributed by atoms with Gasteiger partial charge in [-0.1, -0.05) is 18.2 Å². The quantitative estimate of drug-likeness (QED) is 0.755. The van der Waals surface area contributed by atoms with Crippen LogP contribution in [0.3, 0.4) is 0 Å². The van der Waals surface area contributed by atoms with Gasteiger partial charge in [-0.15, -0.1) is 0 Å². The van der Waals surface area contributed by atoms with Crippen molar-refractivity contribution in [2.45, 2.75) is 19.3 Å². The van der Waals surface area contributed by atoms with Crippen LogP contribution in [0, 0.1) is 0 Å². The highest BCUT2D eigenvalue weighted by molar-refractivity contribution is 5.48. The fraction of sp³-hybridized carbons (Fsp3) is 0.400. The van der Waals surface area contributed by atoms with Crippen LogP contribution >= 0.6 is 0 Å². The molecule has 2 N–H and O–H groups in total. The van der Waals surface area contributed by atoms with Gasteiger partial charge >= 0.3 is 0 Å². The maximum absolute atomic E-state index is 6.06. The molecule has 0 amide bonds. The molecule has 25 heavy (non-hydrogen) atoms. The predicted molar refractivity (Wildman–Crippen MR) is 99.2 cm³/mol. The van der Waals surface area contributed by atoms with Gasteiger partial charge in [-0.3, -0.25) is 0 Å². The van der Waals surface area contributed by atoms with E-state index in [1.54, 1.807) is 21.3 Å². The molecular formula is C20H27NO4. The second kappa shape index (κ2) is 9.18. The van der Waals surface area contributed by atoms with Crippen molar-refractivity contribution in [1.29, 1.82) is 0 Å². The van der Waals surface area contributed by atoms with E-state index in [4.69, 9.17) is 24.7 Å². The molecule has 2 aromatic carbocycles. The van der Waals surface area contributed by atoms with Crippen molar-refractivity contribution in [3.8, 4) is 23.0 Å². The van der Waals surface area contributed by atoms with E-state index in [2.05, 4.69) is 0 Å². The molecule has 136 valence electrons. The molecule has 1 atom stereocenters. The molecule has 0 radical (unpaired) electrons. The van der Waals surface area contributed by atoms with Gasteiger partial charge in [0.15, 0.2) is 23.0 Å². The van der Waals surface area contributed by atoms with Crippen LogP contribution in [0.15, 0.2) is 36.4 Å². The second-order valence-corrected chi connectivity index (χ2v) is 5.63. The summed E-state index contributed by atoms with van der Waals surface area (Å²) >= 11 is 0. The lowest BCUT2D eigenvalue weighted by Gasteiger charge is -2.20. The number of methoxy groups -OCH3 is 3. The average molecular weight is 345 g/mol. The van der Waals surface area contributed by atoms with E-state index in [0.29, 0.717) is 24.7 Å². The Morgan fingerprint density at radius 3 is 2.28 bits per heavy atom. The van der Waals surface area contributed by atoms with E-state index < -0.39 is 0 Å². The smallest absolute Gasteiger partial charge is 0.163 e. The van der Waals surface area contributed by atoms with Gasteiger partial charge in [0.2, 0.25) is 0 Å². The topological polar surface area (TPSA) is 62.9 Å². The number of para-hydroxylation sites is 1. The van der Waals surface area contributed by atoms with Crippen molar-refractivity contribution in [2.75, 3.05) is 34.5 Å². The lowest BCUT2D eigenvalue weighted by atomic mass is 9.91. The van der Waals surface area contributed by atoms with Gasteiger partial charge in [0.1, 0.15) is 0 Å². The molecule has 0 aliphatic carbocycles. The van der Waals surface area contributed by atoms with Crippen LogP contribution in [-0.4, -0.2) is 34.5 Å². The first-order valence-electron chi connectivity index (χ1n) is 8.39. The molecule has 0 spiro atoms. The molecule has 0 aliphatic rings. The summed E-state index contributed by atoms with van der Waals surface area (Å²) in [6.07, 6.45) is 0.746. The standard InChI is InChI=1S/C20H27NO4/c1-5-25-18-8-6-7-15(20(18)24-4)11-16(13-21)14-9-10-17(22-2)19(12-14)23-3/h6-10,12,16H,5,11,13,21H2,1-4H3. The number of nitrogens with two attached hydrogens (primary N) is 1. The monoisotopic (exact) mass is 345 g/mol. The molecule has 2 rings (SSSR count). The minimum Gasteiger partial charge on any atom is -0.493 e. The van der Waals surface area contributed by atoms with Crippen LogP contribution in [0.2, 0.25) is 0 Å². The van der Waals surface area contributed by atoms with Crippen molar-refractivity contribution in [3.63, 3.8) is 0 Å². The Morgan fingerprint density at radius 1 is 0.920 bits per heavy atom. The zero-order valence-corrected chi connectivity index (χ0v) is 15.4. The SMILES string of the molecule is CCOc1cccc(CC(CN)c2ccc(OC)c(OC)c2)c1OC. The Morgan fingerprint density at radius 2 is 1.68 bits per heavy atom. The van der Waals surface area contributed by atoms with Gasteiger partial charge in [-0.2, -0.15) is 0 Å². The molecule has 5 nitrogen and oxygen atoms in total. The Hall–Kier alpha value is -2.40. The van der Waals surface area contributed by atoms with E-state index in [1.165, 1.54) is 0 Å². The zero-order valence-electron chi connectivity index (χ0n) is 15.4. The van der Waals surface area contributed by atoms with Crippen LogP contribution in [0.5, 0.6) is 23.0 Å². The Labute approximate surface area is 149 Å². The summed E-state index contributed by atoms with van der Waals surface area (Å²) in [5.74, 6) is 3.06.